The summed E-state index contributed by atoms with van der Waals surface area (Å²) in [6, 6.07) is 5.89. The minimum atomic E-state index is -0.275. The molecule has 7 nitrogen and oxygen atoms in total. The highest BCUT2D eigenvalue weighted by Gasteiger charge is 2.11. The summed E-state index contributed by atoms with van der Waals surface area (Å²) in [4.78, 5) is 23.8. The number of carbonyl (C=O) groups is 1. The number of H-pyrrole nitrogens is 1. The first kappa shape index (κ1) is 18.3. The molecule has 130 valence electrons. The molecule has 2 rings (SSSR count). The lowest BCUT2D eigenvalue weighted by molar-refractivity contribution is -0.113. The number of aryl methyl sites for hydroxylation is 2. The predicted molar refractivity (Wildman–Crippen MR) is 94.6 cm³/mol. The number of nitrogens with zero attached hydrogens (tertiary/aromatic N) is 2. The number of aromatic amines is 1. The van der Waals surface area contributed by atoms with Crippen LogP contribution in [0.5, 0.6) is 0 Å². The maximum Gasteiger partial charge on any atom is 0.343 e. The van der Waals surface area contributed by atoms with Crippen LogP contribution in [-0.2, 0) is 16.1 Å². The minimum Gasteiger partial charge on any atom is -0.385 e. The molecule has 0 unspecified atom stereocenters. The number of benzene rings is 1. The highest BCUT2D eigenvalue weighted by Crippen LogP contribution is 2.16. The summed E-state index contributed by atoms with van der Waals surface area (Å²) in [6.45, 7) is 5.04. The molecule has 0 spiro atoms. The molecule has 0 saturated heterocycles. The molecule has 0 radical (unpaired) electrons. The zero-order valence-electron chi connectivity index (χ0n) is 14.1. The van der Waals surface area contributed by atoms with Crippen molar-refractivity contribution in [1.82, 2.24) is 14.8 Å². The van der Waals surface area contributed by atoms with E-state index in [-0.39, 0.29) is 17.3 Å². The molecule has 0 fully saturated rings. The Bertz CT molecular complexity index is 734. The van der Waals surface area contributed by atoms with Crippen molar-refractivity contribution in [1.29, 1.82) is 0 Å². The summed E-state index contributed by atoms with van der Waals surface area (Å²) >= 11 is 1.23. The van der Waals surface area contributed by atoms with E-state index in [1.165, 1.54) is 16.3 Å². The summed E-state index contributed by atoms with van der Waals surface area (Å²) < 4.78 is 6.51. The third-order valence-corrected chi connectivity index (χ3v) is 4.27. The van der Waals surface area contributed by atoms with Gasteiger partial charge in [0.1, 0.15) is 0 Å². The van der Waals surface area contributed by atoms with Crippen LogP contribution in [0.1, 0.15) is 17.5 Å². The van der Waals surface area contributed by atoms with Gasteiger partial charge in [-0.15, -0.1) is 5.10 Å². The molecular formula is C16H22N4O3S. The number of nitrogens with one attached hydrogen (secondary N) is 2. The molecule has 1 aromatic carbocycles. The highest BCUT2D eigenvalue weighted by molar-refractivity contribution is 7.99. The van der Waals surface area contributed by atoms with Gasteiger partial charge < -0.3 is 10.1 Å². The van der Waals surface area contributed by atoms with Crippen LogP contribution < -0.4 is 11.0 Å². The fraction of sp³-hybridized carbons (Fsp3) is 0.438. The van der Waals surface area contributed by atoms with Crippen LogP contribution in [0.2, 0.25) is 0 Å². The van der Waals surface area contributed by atoms with Crippen LogP contribution >= 0.6 is 11.8 Å². The van der Waals surface area contributed by atoms with Crippen LogP contribution in [0.25, 0.3) is 0 Å². The summed E-state index contributed by atoms with van der Waals surface area (Å²) in [6.07, 6.45) is 0.707. The smallest absolute Gasteiger partial charge is 0.343 e. The average molecular weight is 350 g/mol. The molecule has 0 saturated carbocycles. The van der Waals surface area contributed by atoms with E-state index in [1.807, 2.05) is 32.0 Å². The molecule has 0 bridgehead atoms. The fourth-order valence-corrected chi connectivity index (χ4v) is 3.12. The van der Waals surface area contributed by atoms with Gasteiger partial charge in [-0.05, 0) is 43.5 Å². The Labute approximate surface area is 144 Å². The van der Waals surface area contributed by atoms with Gasteiger partial charge >= 0.3 is 5.69 Å². The first-order valence-electron chi connectivity index (χ1n) is 7.64. The van der Waals surface area contributed by atoms with Gasteiger partial charge in [0.15, 0.2) is 5.16 Å². The molecule has 0 aliphatic rings. The zero-order chi connectivity index (χ0) is 17.5. The fourth-order valence-electron chi connectivity index (χ4n) is 2.35. The number of anilines is 1. The lowest BCUT2D eigenvalue weighted by atomic mass is 10.1. The van der Waals surface area contributed by atoms with E-state index in [4.69, 9.17) is 4.74 Å². The van der Waals surface area contributed by atoms with Gasteiger partial charge in [-0.2, -0.15) is 0 Å². The third kappa shape index (κ3) is 5.24. The van der Waals surface area contributed by atoms with Crippen molar-refractivity contribution in [3.05, 3.63) is 39.8 Å². The van der Waals surface area contributed by atoms with Crippen LogP contribution in [0.15, 0.2) is 28.2 Å². The molecule has 2 N–H and O–H groups in total. The first-order chi connectivity index (χ1) is 11.5. The Kier molecular flexibility index (Phi) is 6.62. The Balaban J connectivity index is 1.93. The minimum absolute atomic E-state index is 0.135. The molecule has 0 atom stereocenters. The lowest BCUT2D eigenvalue weighted by Crippen LogP contribution is -2.19. The van der Waals surface area contributed by atoms with Gasteiger partial charge in [0.05, 0.1) is 5.75 Å². The number of rotatable bonds is 8. The molecule has 1 aromatic heterocycles. The van der Waals surface area contributed by atoms with E-state index in [9.17, 15) is 9.59 Å². The molecule has 0 aliphatic carbocycles. The van der Waals surface area contributed by atoms with Crippen LogP contribution in [0.4, 0.5) is 5.69 Å². The van der Waals surface area contributed by atoms with E-state index in [1.54, 1.807) is 7.11 Å². The molecule has 2 aromatic rings. The van der Waals surface area contributed by atoms with Crippen molar-refractivity contribution in [2.75, 3.05) is 24.8 Å². The summed E-state index contributed by atoms with van der Waals surface area (Å²) in [5, 5.41) is 9.76. The zero-order valence-corrected chi connectivity index (χ0v) is 14.9. The number of amides is 1. The van der Waals surface area contributed by atoms with Crippen LogP contribution in [0, 0.1) is 13.8 Å². The quantitative estimate of drug-likeness (QED) is 0.561. The third-order valence-electron chi connectivity index (χ3n) is 3.29. The van der Waals surface area contributed by atoms with Crippen molar-refractivity contribution in [2.45, 2.75) is 32.0 Å². The summed E-state index contributed by atoms with van der Waals surface area (Å²) in [7, 11) is 1.62. The molecule has 24 heavy (non-hydrogen) atoms. The van der Waals surface area contributed by atoms with Crippen LogP contribution in [0.3, 0.4) is 0 Å². The van der Waals surface area contributed by atoms with Crippen molar-refractivity contribution in [3.63, 3.8) is 0 Å². The Hall–Kier alpha value is -2.06. The summed E-state index contributed by atoms with van der Waals surface area (Å²) in [5.74, 6) is 0.0468. The molecule has 8 heteroatoms. The normalized spacial score (nSPS) is 10.8. The average Bonchev–Trinajstić information content (AvgIpc) is 2.85. The second-order valence-electron chi connectivity index (χ2n) is 5.52. The van der Waals surface area contributed by atoms with E-state index in [0.29, 0.717) is 24.7 Å². The maximum absolute atomic E-state index is 12.1. The number of ether oxygens (including phenoxy) is 1. The SMILES string of the molecule is COCCCn1c(SCC(=O)Nc2cc(C)cc(C)c2)n[nH]c1=O. The van der Waals surface area contributed by atoms with Gasteiger partial charge in [-0.3, -0.25) is 9.36 Å². The van der Waals surface area contributed by atoms with Gasteiger partial charge in [-0.1, -0.05) is 17.8 Å². The monoisotopic (exact) mass is 350 g/mol. The van der Waals surface area contributed by atoms with E-state index in [2.05, 4.69) is 15.5 Å². The predicted octanol–water partition coefficient (Wildman–Crippen LogP) is 1.96. The molecule has 0 aliphatic heterocycles. The summed E-state index contributed by atoms with van der Waals surface area (Å²) in [5.41, 5.74) is 2.69. The second-order valence-corrected chi connectivity index (χ2v) is 6.47. The highest BCUT2D eigenvalue weighted by atomic mass is 32.2. The van der Waals surface area contributed by atoms with Gasteiger partial charge in [0.2, 0.25) is 5.91 Å². The van der Waals surface area contributed by atoms with Crippen molar-refractivity contribution >= 4 is 23.4 Å². The van der Waals surface area contributed by atoms with E-state index < -0.39 is 0 Å². The van der Waals surface area contributed by atoms with Crippen LogP contribution in [-0.4, -0.2) is 40.1 Å². The van der Waals surface area contributed by atoms with E-state index in [0.717, 1.165) is 16.8 Å². The maximum atomic E-state index is 12.1. The molecule has 1 amide bonds. The van der Waals surface area contributed by atoms with Crippen molar-refractivity contribution in [3.8, 4) is 0 Å². The topological polar surface area (TPSA) is 89.0 Å². The Morgan fingerprint density at radius 1 is 1.33 bits per heavy atom. The number of methoxy groups -OCH3 is 1. The standard InChI is InChI=1S/C16H22N4O3S/c1-11-7-12(2)9-13(8-11)17-14(21)10-24-16-19-18-15(22)20(16)5-4-6-23-3/h7-9H,4-6,10H2,1-3H3,(H,17,21)(H,18,22). The lowest BCUT2D eigenvalue weighted by Gasteiger charge is -2.08. The number of thioether (sulfide) groups is 1. The Morgan fingerprint density at radius 3 is 2.71 bits per heavy atom. The number of hydrogen-bond donors (Lipinski definition) is 2. The number of aromatic nitrogens is 3. The molecular weight excluding hydrogens is 328 g/mol. The second kappa shape index (κ2) is 8.70. The van der Waals surface area contributed by atoms with Crippen molar-refractivity contribution in [2.24, 2.45) is 0 Å². The molecule has 1 heterocycles. The number of hydrogen-bond acceptors (Lipinski definition) is 5. The Morgan fingerprint density at radius 2 is 2.04 bits per heavy atom. The largest absolute Gasteiger partial charge is 0.385 e. The van der Waals surface area contributed by atoms with Gasteiger partial charge in [-0.25, -0.2) is 9.89 Å². The van der Waals surface area contributed by atoms with Gasteiger partial charge in [0, 0.05) is 25.9 Å². The van der Waals surface area contributed by atoms with Crippen molar-refractivity contribution < 1.29 is 9.53 Å². The number of carbonyl (C=O) groups excluding carboxylic acids is 1. The first-order valence-corrected chi connectivity index (χ1v) is 8.63. The van der Waals surface area contributed by atoms with E-state index >= 15 is 0 Å². The van der Waals surface area contributed by atoms with Gasteiger partial charge in [0.25, 0.3) is 0 Å².